The Hall–Kier alpha value is -0.980. The van der Waals surface area contributed by atoms with Crippen molar-refractivity contribution >= 4 is 21.9 Å². The first kappa shape index (κ1) is 16.5. The van der Waals surface area contributed by atoms with Gasteiger partial charge in [0.1, 0.15) is 6.10 Å². The largest absolute Gasteiger partial charge is 0.460 e. The van der Waals surface area contributed by atoms with Crippen LogP contribution < -0.4 is 0 Å². The average molecular weight is 396 g/mol. The molecule has 2 aliphatic heterocycles. The van der Waals surface area contributed by atoms with Gasteiger partial charge in [-0.3, -0.25) is 4.98 Å². The Balaban J connectivity index is 1.64. The van der Waals surface area contributed by atoms with E-state index in [1.807, 2.05) is 19.1 Å². The molecule has 3 aliphatic rings. The second kappa shape index (κ2) is 5.78. The Labute approximate surface area is 149 Å². The molecule has 5 nitrogen and oxygen atoms in total. The highest BCUT2D eigenvalue weighted by Gasteiger charge is 2.65. The van der Waals surface area contributed by atoms with Crippen LogP contribution in [0, 0.1) is 23.7 Å². The van der Waals surface area contributed by atoms with Crippen LogP contribution in [0.2, 0.25) is 0 Å². The van der Waals surface area contributed by atoms with Gasteiger partial charge in [-0.05, 0) is 53.2 Å². The maximum Gasteiger partial charge on any atom is 0.338 e. The van der Waals surface area contributed by atoms with Gasteiger partial charge in [0.05, 0.1) is 12.7 Å². The molecule has 1 aromatic heterocycles. The maximum absolute atomic E-state index is 12.2. The van der Waals surface area contributed by atoms with Crippen LogP contribution in [-0.4, -0.2) is 40.5 Å². The summed E-state index contributed by atoms with van der Waals surface area (Å²) in [4.78, 5) is 16.7. The van der Waals surface area contributed by atoms with E-state index in [9.17, 15) is 9.90 Å². The zero-order chi connectivity index (χ0) is 17.1. The summed E-state index contributed by atoms with van der Waals surface area (Å²) in [5, 5.41) is 11.0. The predicted molar refractivity (Wildman–Crippen MR) is 90.1 cm³/mol. The molecule has 0 amide bonds. The Kier molecular flexibility index (Phi) is 3.97. The number of esters is 1. The summed E-state index contributed by atoms with van der Waals surface area (Å²) in [6.07, 6.45) is 2.62. The van der Waals surface area contributed by atoms with Gasteiger partial charge in [0.15, 0.2) is 5.60 Å². The van der Waals surface area contributed by atoms with E-state index < -0.39 is 11.6 Å². The second-order valence-electron chi connectivity index (χ2n) is 7.53. The lowest BCUT2D eigenvalue weighted by Gasteiger charge is -2.44. The van der Waals surface area contributed by atoms with Gasteiger partial charge in [-0.25, -0.2) is 4.79 Å². The van der Waals surface area contributed by atoms with Crippen LogP contribution in [0.5, 0.6) is 0 Å². The molecular formula is C18H22BrNO4. The van der Waals surface area contributed by atoms with Gasteiger partial charge in [-0.15, -0.1) is 0 Å². The molecule has 0 bridgehead atoms. The molecule has 0 spiro atoms. The van der Waals surface area contributed by atoms with E-state index in [1.54, 1.807) is 6.20 Å². The first-order valence-electron chi connectivity index (χ1n) is 8.55. The molecule has 2 saturated heterocycles. The number of cyclic esters (lactones) is 1. The predicted octanol–water partition coefficient (Wildman–Crippen LogP) is 2.35. The number of halogens is 1. The van der Waals surface area contributed by atoms with E-state index in [0.29, 0.717) is 25.4 Å². The topological polar surface area (TPSA) is 68.7 Å². The van der Waals surface area contributed by atoms with Gasteiger partial charge in [0.25, 0.3) is 0 Å². The van der Waals surface area contributed by atoms with E-state index in [2.05, 4.69) is 27.8 Å². The molecule has 2 unspecified atom stereocenters. The number of fused-ring (bicyclic) bond motifs is 3. The zero-order valence-electron chi connectivity index (χ0n) is 13.8. The Bertz CT molecular complexity index is 651. The first-order chi connectivity index (χ1) is 11.4. The minimum atomic E-state index is -1.36. The molecule has 1 aromatic rings. The Morgan fingerprint density at radius 1 is 1.42 bits per heavy atom. The zero-order valence-corrected chi connectivity index (χ0v) is 15.4. The van der Waals surface area contributed by atoms with E-state index >= 15 is 0 Å². The lowest BCUT2D eigenvalue weighted by molar-refractivity contribution is -0.161. The summed E-state index contributed by atoms with van der Waals surface area (Å²) >= 11 is 3.40. The SMILES string of the molecule is C[C@H]1C[C@@]2(O)C(=O)O[C@H](C)[C@H]2[C@H]2C(Cc3ccc(Br)cn3)OCC21. The fraction of sp³-hybridized carbons (Fsp3) is 0.667. The number of carbonyl (C=O) groups is 1. The normalized spacial score (nSPS) is 44.1. The molecule has 3 fully saturated rings. The molecule has 6 heteroatoms. The van der Waals surface area contributed by atoms with Crippen molar-refractivity contribution in [1.82, 2.24) is 4.98 Å². The van der Waals surface area contributed by atoms with Crippen molar-refractivity contribution in [2.45, 2.75) is 44.5 Å². The van der Waals surface area contributed by atoms with Crippen molar-refractivity contribution in [2.75, 3.05) is 6.61 Å². The number of aromatic nitrogens is 1. The van der Waals surface area contributed by atoms with Crippen LogP contribution in [0.25, 0.3) is 0 Å². The van der Waals surface area contributed by atoms with Crippen LogP contribution >= 0.6 is 15.9 Å². The standard InChI is InChI=1S/C18H22BrNO4/c1-9-6-18(22)16(10(2)24-17(18)21)15-13(9)8-23-14(15)5-12-4-3-11(19)7-20-12/h3-4,7,9-10,13-16,22H,5-6,8H2,1-2H3/t9-,10+,13?,14?,15+,16-,18-/m0/s1. The van der Waals surface area contributed by atoms with Crippen molar-refractivity contribution < 1.29 is 19.4 Å². The maximum atomic E-state index is 12.2. The van der Waals surface area contributed by atoms with E-state index in [4.69, 9.17) is 9.47 Å². The van der Waals surface area contributed by atoms with E-state index in [-0.39, 0.29) is 30.0 Å². The van der Waals surface area contributed by atoms with E-state index in [1.165, 1.54) is 0 Å². The lowest BCUT2D eigenvalue weighted by atomic mass is 9.59. The minimum Gasteiger partial charge on any atom is -0.460 e. The summed E-state index contributed by atoms with van der Waals surface area (Å²) in [5.41, 5.74) is -0.400. The number of aliphatic hydroxyl groups is 1. The van der Waals surface area contributed by atoms with Crippen molar-refractivity contribution in [3.05, 3.63) is 28.5 Å². The number of ether oxygens (including phenoxy) is 2. The van der Waals surface area contributed by atoms with Crippen LogP contribution in [0.3, 0.4) is 0 Å². The van der Waals surface area contributed by atoms with Crippen LogP contribution in [0.4, 0.5) is 0 Å². The Morgan fingerprint density at radius 3 is 2.92 bits per heavy atom. The molecule has 130 valence electrons. The Morgan fingerprint density at radius 2 is 2.21 bits per heavy atom. The molecule has 7 atom stereocenters. The fourth-order valence-corrected chi connectivity index (χ4v) is 5.30. The highest BCUT2D eigenvalue weighted by Crippen LogP contribution is 2.55. The van der Waals surface area contributed by atoms with Crippen LogP contribution in [0.15, 0.2) is 22.8 Å². The third kappa shape index (κ3) is 2.42. The summed E-state index contributed by atoms with van der Waals surface area (Å²) in [5.74, 6) is 0.0437. The first-order valence-corrected chi connectivity index (χ1v) is 9.35. The summed E-state index contributed by atoms with van der Waals surface area (Å²) < 4.78 is 12.5. The quantitative estimate of drug-likeness (QED) is 0.778. The fourth-order valence-electron chi connectivity index (χ4n) is 5.06. The molecule has 1 aliphatic carbocycles. The number of pyridine rings is 1. The smallest absolute Gasteiger partial charge is 0.338 e. The van der Waals surface area contributed by atoms with Crippen molar-refractivity contribution in [1.29, 1.82) is 0 Å². The van der Waals surface area contributed by atoms with Gasteiger partial charge in [-0.1, -0.05) is 6.92 Å². The highest BCUT2D eigenvalue weighted by atomic mass is 79.9. The molecule has 4 rings (SSSR count). The number of hydrogen-bond acceptors (Lipinski definition) is 5. The second-order valence-corrected chi connectivity index (χ2v) is 8.44. The molecule has 0 radical (unpaired) electrons. The van der Waals surface area contributed by atoms with Crippen molar-refractivity contribution in [2.24, 2.45) is 23.7 Å². The van der Waals surface area contributed by atoms with Gasteiger partial charge in [0.2, 0.25) is 0 Å². The average Bonchev–Trinajstić information content (AvgIpc) is 3.02. The summed E-state index contributed by atoms with van der Waals surface area (Å²) in [6.45, 7) is 4.67. The molecule has 24 heavy (non-hydrogen) atoms. The van der Waals surface area contributed by atoms with Crippen molar-refractivity contribution in [3.63, 3.8) is 0 Å². The molecule has 0 aromatic carbocycles. The third-order valence-electron chi connectivity index (χ3n) is 6.11. The van der Waals surface area contributed by atoms with Crippen LogP contribution in [0.1, 0.15) is 26.0 Å². The number of nitrogens with zero attached hydrogens (tertiary/aromatic N) is 1. The summed E-state index contributed by atoms with van der Waals surface area (Å²) in [6, 6.07) is 3.96. The molecule has 3 heterocycles. The molecule has 1 saturated carbocycles. The number of carbonyl (C=O) groups excluding carboxylic acids is 1. The van der Waals surface area contributed by atoms with Gasteiger partial charge in [-0.2, -0.15) is 0 Å². The number of hydrogen-bond donors (Lipinski definition) is 1. The van der Waals surface area contributed by atoms with Gasteiger partial charge in [0, 0.05) is 34.6 Å². The molecular weight excluding hydrogens is 374 g/mol. The summed E-state index contributed by atoms with van der Waals surface area (Å²) in [7, 11) is 0. The van der Waals surface area contributed by atoms with Gasteiger partial charge < -0.3 is 14.6 Å². The van der Waals surface area contributed by atoms with E-state index in [0.717, 1.165) is 10.2 Å². The van der Waals surface area contributed by atoms with Gasteiger partial charge >= 0.3 is 5.97 Å². The number of rotatable bonds is 2. The highest BCUT2D eigenvalue weighted by molar-refractivity contribution is 9.10. The lowest BCUT2D eigenvalue weighted by Crippen LogP contribution is -2.55. The monoisotopic (exact) mass is 395 g/mol. The minimum absolute atomic E-state index is 0.0418. The van der Waals surface area contributed by atoms with Crippen molar-refractivity contribution in [3.8, 4) is 0 Å². The molecule has 1 N–H and O–H groups in total. The van der Waals surface area contributed by atoms with Crippen LogP contribution in [-0.2, 0) is 20.7 Å². The third-order valence-corrected chi connectivity index (χ3v) is 6.58.